The van der Waals surface area contributed by atoms with E-state index in [2.05, 4.69) is 0 Å². The fraction of sp³-hybridized carbons (Fsp3) is 0.312. The Morgan fingerprint density at radius 2 is 1.77 bits per heavy atom. The van der Waals surface area contributed by atoms with Gasteiger partial charge in [-0.2, -0.15) is 0 Å². The smallest absolute Gasteiger partial charge is 0.202 e. The van der Waals surface area contributed by atoms with Gasteiger partial charge in [-0.05, 0) is 37.0 Å². The summed E-state index contributed by atoms with van der Waals surface area (Å²) in [6.45, 7) is 0. The molecular weight excluding hydrogens is 325 g/mol. The number of carbonyl (C=O) groups is 1. The monoisotopic (exact) mass is 337 g/mol. The SMILES string of the molecule is O=C1C[C@@H]2CC[C@H]1c1c2c(O)n(-c2ccc(Cl)c(Cl)c2)c1O. The van der Waals surface area contributed by atoms with Crippen LogP contribution in [-0.2, 0) is 4.79 Å². The van der Waals surface area contributed by atoms with Gasteiger partial charge in [0.05, 0.1) is 15.7 Å². The second kappa shape index (κ2) is 4.67. The minimum Gasteiger partial charge on any atom is -0.494 e. The molecule has 2 N–H and O–H groups in total. The maximum atomic E-state index is 12.1. The van der Waals surface area contributed by atoms with Crippen LogP contribution in [0.25, 0.3) is 5.69 Å². The van der Waals surface area contributed by atoms with Crippen LogP contribution in [0.15, 0.2) is 18.2 Å². The van der Waals surface area contributed by atoms with E-state index in [1.165, 1.54) is 4.57 Å². The highest BCUT2D eigenvalue weighted by Gasteiger charge is 2.45. The van der Waals surface area contributed by atoms with Gasteiger partial charge < -0.3 is 10.2 Å². The average Bonchev–Trinajstić information content (AvgIpc) is 2.76. The molecule has 5 rings (SSSR count). The number of rotatable bonds is 1. The number of benzene rings is 1. The van der Waals surface area contributed by atoms with Crippen LogP contribution >= 0.6 is 23.2 Å². The van der Waals surface area contributed by atoms with Gasteiger partial charge >= 0.3 is 0 Å². The third-order valence-electron chi connectivity index (χ3n) is 4.75. The highest BCUT2D eigenvalue weighted by atomic mass is 35.5. The molecule has 1 aromatic heterocycles. The number of aromatic hydroxyl groups is 2. The summed E-state index contributed by atoms with van der Waals surface area (Å²) in [5.74, 6) is -0.260. The third kappa shape index (κ3) is 1.74. The van der Waals surface area contributed by atoms with Crippen molar-refractivity contribution in [3.63, 3.8) is 0 Å². The number of hydrogen-bond acceptors (Lipinski definition) is 3. The van der Waals surface area contributed by atoms with Gasteiger partial charge in [-0.25, -0.2) is 0 Å². The third-order valence-corrected chi connectivity index (χ3v) is 5.49. The molecule has 3 aliphatic carbocycles. The molecule has 0 radical (unpaired) electrons. The van der Waals surface area contributed by atoms with E-state index in [1.807, 2.05) is 0 Å². The molecule has 22 heavy (non-hydrogen) atoms. The normalized spacial score (nSPS) is 22.9. The van der Waals surface area contributed by atoms with E-state index in [4.69, 9.17) is 23.2 Å². The lowest BCUT2D eigenvalue weighted by Crippen LogP contribution is -2.28. The van der Waals surface area contributed by atoms with Crippen LogP contribution < -0.4 is 0 Å². The van der Waals surface area contributed by atoms with Gasteiger partial charge in [0.25, 0.3) is 0 Å². The van der Waals surface area contributed by atoms with Crippen molar-refractivity contribution < 1.29 is 15.0 Å². The number of halogens is 2. The van der Waals surface area contributed by atoms with Crippen LogP contribution in [0.2, 0.25) is 10.0 Å². The van der Waals surface area contributed by atoms with E-state index < -0.39 is 0 Å². The number of Topliss-reactive ketones (excluding diaryl/α,β-unsaturated/α-hetero) is 1. The lowest BCUT2D eigenvalue weighted by molar-refractivity contribution is -0.123. The van der Waals surface area contributed by atoms with E-state index in [9.17, 15) is 15.0 Å². The summed E-state index contributed by atoms with van der Waals surface area (Å²) in [6.07, 6.45) is 2.03. The number of fused-ring (bicyclic) bond motifs is 2. The van der Waals surface area contributed by atoms with Crippen molar-refractivity contribution in [1.29, 1.82) is 0 Å². The van der Waals surface area contributed by atoms with Gasteiger partial charge in [-0.15, -0.1) is 0 Å². The Morgan fingerprint density at radius 1 is 1.05 bits per heavy atom. The first kappa shape index (κ1) is 14.0. The zero-order chi connectivity index (χ0) is 15.6. The number of ketones is 1. The molecule has 3 aliphatic rings. The molecular formula is C16H13Cl2NO3. The molecule has 1 saturated carbocycles. The predicted molar refractivity (Wildman–Crippen MR) is 83.5 cm³/mol. The molecule has 0 unspecified atom stereocenters. The van der Waals surface area contributed by atoms with Gasteiger partial charge in [-0.3, -0.25) is 9.36 Å². The number of aromatic nitrogens is 1. The topological polar surface area (TPSA) is 62.5 Å². The van der Waals surface area contributed by atoms with Crippen molar-refractivity contribution in [2.45, 2.75) is 31.1 Å². The molecule has 0 aliphatic heterocycles. The molecule has 1 fully saturated rings. The van der Waals surface area contributed by atoms with Crippen molar-refractivity contribution >= 4 is 29.0 Å². The molecule has 0 amide bonds. The second-order valence-corrected chi connectivity index (χ2v) is 6.72. The molecule has 4 nitrogen and oxygen atoms in total. The highest BCUT2D eigenvalue weighted by Crippen LogP contribution is 2.55. The Morgan fingerprint density at radius 3 is 2.45 bits per heavy atom. The first-order chi connectivity index (χ1) is 10.5. The van der Waals surface area contributed by atoms with E-state index in [0.717, 1.165) is 12.8 Å². The van der Waals surface area contributed by atoms with Gasteiger partial charge in [0, 0.05) is 23.5 Å². The maximum absolute atomic E-state index is 12.1. The van der Waals surface area contributed by atoms with Gasteiger partial charge in [0.15, 0.2) is 0 Å². The van der Waals surface area contributed by atoms with E-state index in [-0.39, 0.29) is 29.4 Å². The molecule has 2 aromatic rings. The Bertz CT molecular complexity index is 812. The first-order valence-electron chi connectivity index (χ1n) is 7.13. The summed E-state index contributed by atoms with van der Waals surface area (Å²) in [4.78, 5) is 12.1. The van der Waals surface area contributed by atoms with Crippen LogP contribution in [0.1, 0.15) is 42.2 Å². The molecule has 2 atom stereocenters. The van der Waals surface area contributed by atoms with Gasteiger partial charge in [0.1, 0.15) is 5.78 Å². The van der Waals surface area contributed by atoms with Crippen molar-refractivity contribution in [2.75, 3.05) is 0 Å². The molecule has 114 valence electrons. The Hall–Kier alpha value is -1.65. The fourth-order valence-electron chi connectivity index (χ4n) is 3.76. The van der Waals surface area contributed by atoms with Crippen molar-refractivity contribution in [1.82, 2.24) is 4.57 Å². The van der Waals surface area contributed by atoms with Crippen LogP contribution in [0.4, 0.5) is 0 Å². The summed E-state index contributed by atoms with van der Waals surface area (Å²) in [5, 5.41) is 21.9. The molecule has 1 aromatic carbocycles. The fourth-order valence-corrected chi connectivity index (χ4v) is 4.06. The van der Waals surface area contributed by atoms with Crippen molar-refractivity contribution in [3.8, 4) is 17.4 Å². The minimum absolute atomic E-state index is 0.00640. The van der Waals surface area contributed by atoms with Gasteiger partial charge in [0.2, 0.25) is 11.8 Å². The molecule has 0 saturated heterocycles. The Kier molecular flexibility index (Phi) is 2.97. The molecule has 1 heterocycles. The summed E-state index contributed by atoms with van der Waals surface area (Å²) >= 11 is 11.9. The molecule has 6 heteroatoms. The largest absolute Gasteiger partial charge is 0.494 e. The van der Waals surface area contributed by atoms with Crippen LogP contribution in [-0.4, -0.2) is 20.6 Å². The van der Waals surface area contributed by atoms with Crippen LogP contribution in [0, 0.1) is 0 Å². The van der Waals surface area contributed by atoms with Crippen LogP contribution in [0.5, 0.6) is 11.8 Å². The van der Waals surface area contributed by atoms with E-state index >= 15 is 0 Å². The molecule has 2 bridgehead atoms. The Balaban J connectivity index is 1.96. The Labute approximate surface area is 136 Å². The van der Waals surface area contributed by atoms with Crippen molar-refractivity contribution in [3.05, 3.63) is 39.4 Å². The highest BCUT2D eigenvalue weighted by molar-refractivity contribution is 6.42. The standard InChI is InChI=1S/C16H13Cl2NO3/c17-10-4-2-8(6-11(10)18)19-15(21)13-7-1-3-9(12(20)5-7)14(13)16(19)22/h2,4,6-7,9,21-22H,1,3,5H2/t7-,9+/m0/s1. The van der Waals surface area contributed by atoms with Crippen LogP contribution in [0.3, 0.4) is 0 Å². The quantitative estimate of drug-likeness (QED) is 0.822. The van der Waals surface area contributed by atoms with Gasteiger partial charge in [-0.1, -0.05) is 23.2 Å². The summed E-state index contributed by atoms with van der Waals surface area (Å²) in [7, 11) is 0. The van der Waals surface area contributed by atoms with E-state index in [0.29, 0.717) is 33.3 Å². The maximum Gasteiger partial charge on any atom is 0.202 e. The second-order valence-electron chi connectivity index (χ2n) is 5.91. The van der Waals surface area contributed by atoms with E-state index in [1.54, 1.807) is 18.2 Å². The number of hydrogen-bond donors (Lipinski definition) is 2. The summed E-state index contributed by atoms with van der Waals surface area (Å²) < 4.78 is 1.34. The molecule has 0 spiro atoms. The predicted octanol–water partition coefficient (Wildman–Crippen LogP) is 4.13. The minimum atomic E-state index is -0.310. The number of carbonyl (C=O) groups excluding carboxylic acids is 1. The summed E-state index contributed by atoms with van der Waals surface area (Å²) in [6, 6.07) is 4.86. The average molecular weight is 338 g/mol. The zero-order valence-corrected chi connectivity index (χ0v) is 13.0. The van der Waals surface area contributed by atoms with Crippen molar-refractivity contribution in [2.24, 2.45) is 0 Å². The lowest BCUT2D eigenvalue weighted by Gasteiger charge is -2.34. The zero-order valence-electron chi connectivity index (χ0n) is 11.5. The first-order valence-corrected chi connectivity index (χ1v) is 7.89. The summed E-state index contributed by atoms with van der Waals surface area (Å²) in [5.41, 5.74) is 1.81. The lowest BCUT2D eigenvalue weighted by atomic mass is 9.67. The number of nitrogens with zero attached hydrogens (tertiary/aromatic N) is 1.